The number of rotatable bonds is 7. The quantitative estimate of drug-likeness (QED) is 0.554. The third-order valence-corrected chi connectivity index (χ3v) is 3.80. The van der Waals surface area contributed by atoms with Crippen LogP contribution in [0.2, 0.25) is 5.02 Å². The molecule has 1 unspecified atom stereocenters. The summed E-state index contributed by atoms with van der Waals surface area (Å²) in [5, 5.41) is 2.84. The Morgan fingerprint density at radius 2 is 1.78 bits per heavy atom. The Bertz CT molecular complexity index is 859. The molecule has 0 saturated heterocycles. The Hall–Kier alpha value is -3.00. The highest BCUT2D eigenvalue weighted by Gasteiger charge is 2.20. The monoisotopic (exact) mass is 396 g/mol. The van der Waals surface area contributed by atoms with Gasteiger partial charge in [0.25, 0.3) is 0 Å². The smallest absolute Gasteiger partial charge is 0.312 e. The molecule has 0 aliphatic carbocycles. The molecular weight excluding hydrogens is 382 g/mol. The molecule has 0 fully saturated rings. The second-order valence-corrected chi connectivity index (χ2v) is 5.96. The van der Waals surface area contributed by atoms with Crippen molar-refractivity contribution < 1.29 is 27.9 Å². The summed E-state index contributed by atoms with van der Waals surface area (Å²) in [4.78, 5) is 35.1. The third-order valence-electron chi connectivity index (χ3n) is 3.55. The molecule has 2 aromatic carbocycles. The molecule has 1 atom stereocenters. The molecule has 0 saturated carbocycles. The van der Waals surface area contributed by atoms with E-state index in [2.05, 4.69) is 5.32 Å². The first kappa shape index (κ1) is 20.3. The topological polar surface area (TPSA) is 98.5 Å². The summed E-state index contributed by atoms with van der Waals surface area (Å²) in [6.07, 6.45) is -0.330. The van der Waals surface area contributed by atoms with E-state index in [1.807, 2.05) is 0 Å². The molecule has 0 aliphatic rings. The molecule has 3 N–H and O–H groups in total. The first-order valence-electron chi connectivity index (χ1n) is 7.71. The number of halogens is 3. The Morgan fingerprint density at radius 1 is 1.11 bits per heavy atom. The fourth-order valence-electron chi connectivity index (χ4n) is 2.28. The van der Waals surface area contributed by atoms with Crippen LogP contribution in [0, 0.1) is 11.6 Å². The predicted molar refractivity (Wildman–Crippen MR) is 93.2 cm³/mol. The SMILES string of the molecule is NC(=O)NC(CC(=O)OCC(=O)c1cc(F)ccc1F)c1ccc(Cl)cc1. The number of Topliss-reactive ketones (excluding diaryl/α,β-unsaturated/α-hetero) is 1. The number of urea groups is 1. The van der Waals surface area contributed by atoms with Crippen molar-refractivity contribution in [2.45, 2.75) is 12.5 Å². The summed E-state index contributed by atoms with van der Waals surface area (Å²) in [6, 6.07) is 7.02. The highest BCUT2D eigenvalue weighted by atomic mass is 35.5. The fraction of sp³-hybridized carbons (Fsp3) is 0.167. The van der Waals surface area contributed by atoms with Crippen LogP contribution < -0.4 is 11.1 Å². The second kappa shape index (κ2) is 9.09. The molecule has 27 heavy (non-hydrogen) atoms. The van der Waals surface area contributed by atoms with E-state index in [0.29, 0.717) is 10.6 Å². The lowest BCUT2D eigenvalue weighted by atomic mass is 10.0. The van der Waals surface area contributed by atoms with Gasteiger partial charge in [0.2, 0.25) is 5.78 Å². The molecular formula is C18H15ClF2N2O4. The highest BCUT2D eigenvalue weighted by molar-refractivity contribution is 6.30. The molecule has 2 amide bonds. The van der Waals surface area contributed by atoms with Crippen LogP contribution in [-0.2, 0) is 9.53 Å². The lowest BCUT2D eigenvalue weighted by molar-refractivity contribution is -0.143. The van der Waals surface area contributed by atoms with Crippen molar-refractivity contribution in [2.75, 3.05) is 6.61 Å². The van der Waals surface area contributed by atoms with Crippen LogP contribution in [0.25, 0.3) is 0 Å². The van der Waals surface area contributed by atoms with E-state index >= 15 is 0 Å². The van der Waals surface area contributed by atoms with Gasteiger partial charge in [-0.3, -0.25) is 9.59 Å². The number of nitrogens with one attached hydrogen (secondary N) is 1. The van der Waals surface area contributed by atoms with E-state index in [4.69, 9.17) is 22.1 Å². The maximum Gasteiger partial charge on any atom is 0.312 e. The van der Waals surface area contributed by atoms with E-state index < -0.39 is 47.6 Å². The van der Waals surface area contributed by atoms with Gasteiger partial charge in [-0.05, 0) is 35.9 Å². The first-order valence-corrected chi connectivity index (χ1v) is 8.09. The zero-order chi connectivity index (χ0) is 20.0. The zero-order valence-electron chi connectivity index (χ0n) is 13.9. The predicted octanol–water partition coefficient (Wildman–Crippen LogP) is 3.14. The van der Waals surface area contributed by atoms with Gasteiger partial charge in [0, 0.05) is 5.02 Å². The van der Waals surface area contributed by atoms with E-state index in [9.17, 15) is 23.2 Å². The van der Waals surface area contributed by atoms with Crippen LogP contribution in [-0.4, -0.2) is 24.4 Å². The van der Waals surface area contributed by atoms with Gasteiger partial charge < -0.3 is 15.8 Å². The molecule has 9 heteroatoms. The average molecular weight is 397 g/mol. The number of hydrogen-bond donors (Lipinski definition) is 2. The van der Waals surface area contributed by atoms with Crippen LogP contribution in [0.15, 0.2) is 42.5 Å². The number of benzene rings is 2. The summed E-state index contributed by atoms with van der Waals surface area (Å²) in [5.74, 6) is -3.45. The number of carbonyl (C=O) groups is 3. The molecule has 2 rings (SSSR count). The van der Waals surface area contributed by atoms with Crippen molar-refractivity contribution in [1.82, 2.24) is 5.32 Å². The number of primary amides is 1. The number of amides is 2. The maximum absolute atomic E-state index is 13.6. The number of carbonyl (C=O) groups excluding carboxylic acids is 3. The van der Waals surface area contributed by atoms with Crippen LogP contribution >= 0.6 is 11.6 Å². The van der Waals surface area contributed by atoms with Crippen molar-refractivity contribution in [3.8, 4) is 0 Å². The zero-order valence-corrected chi connectivity index (χ0v) is 14.6. The van der Waals surface area contributed by atoms with E-state index in [1.54, 1.807) is 24.3 Å². The Kier molecular flexibility index (Phi) is 6.84. The van der Waals surface area contributed by atoms with Crippen LogP contribution in [0.1, 0.15) is 28.4 Å². The van der Waals surface area contributed by atoms with Gasteiger partial charge in [-0.2, -0.15) is 0 Å². The summed E-state index contributed by atoms with van der Waals surface area (Å²) in [7, 11) is 0. The first-order chi connectivity index (χ1) is 12.8. The molecule has 0 radical (unpaired) electrons. The molecule has 0 heterocycles. The summed E-state index contributed by atoms with van der Waals surface area (Å²) >= 11 is 5.80. The Balaban J connectivity index is 2.00. The summed E-state index contributed by atoms with van der Waals surface area (Å²) in [6.45, 7) is -0.775. The van der Waals surface area contributed by atoms with E-state index in [1.165, 1.54) is 0 Å². The third kappa shape index (κ3) is 6.03. The van der Waals surface area contributed by atoms with E-state index in [-0.39, 0.29) is 6.42 Å². The summed E-state index contributed by atoms with van der Waals surface area (Å²) < 4.78 is 31.5. The van der Waals surface area contributed by atoms with Gasteiger partial charge in [0.05, 0.1) is 18.0 Å². The van der Waals surface area contributed by atoms with Gasteiger partial charge in [-0.15, -0.1) is 0 Å². The van der Waals surface area contributed by atoms with Crippen molar-refractivity contribution in [2.24, 2.45) is 5.73 Å². The minimum atomic E-state index is -0.924. The fourth-order valence-corrected chi connectivity index (χ4v) is 2.41. The summed E-state index contributed by atoms with van der Waals surface area (Å²) in [5.41, 5.74) is 5.12. The lowest BCUT2D eigenvalue weighted by Crippen LogP contribution is -2.34. The number of esters is 1. The molecule has 6 nitrogen and oxygen atoms in total. The second-order valence-electron chi connectivity index (χ2n) is 5.52. The Morgan fingerprint density at radius 3 is 2.41 bits per heavy atom. The Labute approximate surface area is 158 Å². The van der Waals surface area contributed by atoms with Gasteiger partial charge in [-0.1, -0.05) is 23.7 Å². The molecule has 0 aliphatic heterocycles. The largest absolute Gasteiger partial charge is 0.457 e. The number of hydrogen-bond acceptors (Lipinski definition) is 4. The minimum absolute atomic E-state index is 0.330. The number of ether oxygens (including phenoxy) is 1. The molecule has 2 aromatic rings. The number of nitrogens with two attached hydrogens (primary N) is 1. The van der Waals surface area contributed by atoms with Crippen molar-refractivity contribution in [1.29, 1.82) is 0 Å². The van der Waals surface area contributed by atoms with Crippen molar-refractivity contribution in [3.05, 3.63) is 70.2 Å². The molecule has 0 spiro atoms. The standard InChI is InChI=1S/C18H15ClF2N2O4/c19-11-3-1-10(2-4-11)15(23-18(22)26)8-17(25)27-9-16(24)13-7-12(20)5-6-14(13)21/h1-7,15H,8-9H2,(H3,22,23,26). The van der Waals surface area contributed by atoms with Crippen molar-refractivity contribution >= 4 is 29.4 Å². The normalized spacial score (nSPS) is 11.5. The molecule has 0 bridgehead atoms. The van der Waals surface area contributed by atoms with Crippen molar-refractivity contribution in [3.63, 3.8) is 0 Å². The maximum atomic E-state index is 13.6. The molecule has 142 valence electrons. The van der Waals surface area contributed by atoms with Gasteiger partial charge >= 0.3 is 12.0 Å². The van der Waals surface area contributed by atoms with Gasteiger partial charge in [-0.25, -0.2) is 13.6 Å². The molecule has 0 aromatic heterocycles. The van der Waals surface area contributed by atoms with Crippen LogP contribution in [0.4, 0.5) is 13.6 Å². The van der Waals surface area contributed by atoms with Crippen LogP contribution in [0.5, 0.6) is 0 Å². The van der Waals surface area contributed by atoms with E-state index in [0.717, 1.165) is 18.2 Å². The van der Waals surface area contributed by atoms with Gasteiger partial charge in [0.15, 0.2) is 6.61 Å². The highest BCUT2D eigenvalue weighted by Crippen LogP contribution is 2.20. The van der Waals surface area contributed by atoms with Crippen LogP contribution in [0.3, 0.4) is 0 Å². The number of ketones is 1. The lowest BCUT2D eigenvalue weighted by Gasteiger charge is -2.17. The van der Waals surface area contributed by atoms with Gasteiger partial charge in [0.1, 0.15) is 11.6 Å². The minimum Gasteiger partial charge on any atom is -0.457 e. The average Bonchev–Trinajstić information content (AvgIpc) is 2.61.